The van der Waals surface area contributed by atoms with Gasteiger partial charge in [0.05, 0.1) is 19.1 Å². The van der Waals surface area contributed by atoms with E-state index >= 15 is 0 Å². The van der Waals surface area contributed by atoms with Crippen LogP contribution in [0, 0.1) is 5.92 Å². The molecule has 1 heterocycles. The van der Waals surface area contributed by atoms with Crippen molar-refractivity contribution in [2.24, 2.45) is 5.92 Å². The maximum absolute atomic E-state index is 13.2. The molecule has 0 spiro atoms. The van der Waals surface area contributed by atoms with Crippen molar-refractivity contribution in [1.29, 1.82) is 0 Å². The Labute approximate surface area is 246 Å². The minimum absolute atomic E-state index is 0.0569. The van der Waals surface area contributed by atoms with Gasteiger partial charge in [-0.1, -0.05) is 57.9 Å². The predicted molar refractivity (Wildman–Crippen MR) is 163 cm³/mol. The van der Waals surface area contributed by atoms with Crippen LogP contribution in [0.2, 0.25) is 0 Å². The summed E-state index contributed by atoms with van der Waals surface area (Å²) in [6.45, 7) is 7.20. The number of carboxylic acid groups (broad SMARTS) is 1. The SMILES string of the molecule is CC(C)(C)c1ccc(Oc2ccc3cnc(C(=O)NC(CC(=O)O)c4ccc(OCC5CCCC5)cc4)cc3c2)cc1. The van der Waals surface area contributed by atoms with Crippen molar-refractivity contribution in [3.05, 3.63) is 95.8 Å². The molecule has 2 N–H and O–H groups in total. The Morgan fingerprint density at radius 2 is 1.57 bits per heavy atom. The molecule has 3 aromatic carbocycles. The quantitative estimate of drug-likeness (QED) is 0.203. The first kappa shape index (κ1) is 29.1. The van der Waals surface area contributed by atoms with Crippen LogP contribution in [0.5, 0.6) is 17.2 Å². The third-order valence-corrected chi connectivity index (χ3v) is 7.81. The second kappa shape index (κ2) is 12.6. The van der Waals surface area contributed by atoms with Crippen molar-refractivity contribution in [1.82, 2.24) is 10.3 Å². The lowest BCUT2D eigenvalue weighted by Gasteiger charge is -2.19. The second-order valence-corrected chi connectivity index (χ2v) is 12.1. The zero-order chi connectivity index (χ0) is 29.7. The summed E-state index contributed by atoms with van der Waals surface area (Å²) in [5, 5.41) is 14.0. The van der Waals surface area contributed by atoms with Gasteiger partial charge in [0, 0.05) is 11.6 Å². The van der Waals surface area contributed by atoms with E-state index in [-0.39, 0.29) is 17.5 Å². The number of ether oxygens (including phenoxy) is 2. The number of fused-ring (bicyclic) bond motifs is 1. The molecule has 1 amide bonds. The molecule has 7 nitrogen and oxygen atoms in total. The van der Waals surface area contributed by atoms with Gasteiger partial charge in [0.15, 0.2) is 0 Å². The topological polar surface area (TPSA) is 97.8 Å². The fourth-order valence-electron chi connectivity index (χ4n) is 5.31. The smallest absolute Gasteiger partial charge is 0.305 e. The summed E-state index contributed by atoms with van der Waals surface area (Å²) in [7, 11) is 0. The van der Waals surface area contributed by atoms with Crippen molar-refractivity contribution in [3.63, 3.8) is 0 Å². The summed E-state index contributed by atoms with van der Waals surface area (Å²) in [6, 6.07) is 21.9. The summed E-state index contributed by atoms with van der Waals surface area (Å²) in [5.74, 6) is 1.24. The maximum atomic E-state index is 13.2. The average Bonchev–Trinajstić information content (AvgIpc) is 3.49. The van der Waals surface area contributed by atoms with Gasteiger partial charge in [0.1, 0.15) is 22.9 Å². The number of nitrogens with one attached hydrogen (secondary N) is 1. The van der Waals surface area contributed by atoms with E-state index in [1.807, 2.05) is 54.6 Å². The minimum Gasteiger partial charge on any atom is -0.493 e. The number of benzene rings is 3. The molecular formula is C35H38N2O5. The number of hydrogen-bond donors (Lipinski definition) is 2. The van der Waals surface area contributed by atoms with E-state index in [4.69, 9.17) is 9.47 Å². The molecule has 0 saturated heterocycles. The summed E-state index contributed by atoms with van der Waals surface area (Å²) in [6.07, 6.45) is 6.30. The zero-order valence-electron chi connectivity index (χ0n) is 24.4. The van der Waals surface area contributed by atoms with Gasteiger partial charge in [-0.25, -0.2) is 0 Å². The molecule has 1 unspecified atom stereocenters. The van der Waals surface area contributed by atoms with Gasteiger partial charge in [-0.15, -0.1) is 0 Å². The van der Waals surface area contributed by atoms with Crippen LogP contribution in [0.1, 0.15) is 80.5 Å². The van der Waals surface area contributed by atoms with Gasteiger partial charge >= 0.3 is 5.97 Å². The first-order valence-electron chi connectivity index (χ1n) is 14.6. The van der Waals surface area contributed by atoms with E-state index in [1.165, 1.54) is 31.2 Å². The van der Waals surface area contributed by atoms with Crippen LogP contribution in [0.3, 0.4) is 0 Å². The molecule has 1 aromatic heterocycles. The molecule has 1 aliphatic rings. The van der Waals surface area contributed by atoms with Crippen LogP contribution in [-0.2, 0) is 10.2 Å². The van der Waals surface area contributed by atoms with Crippen LogP contribution in [-0.4, -0.2) is 28.6 Å². The van der Waals surface area contributed by atoms with E-state index in [2.05, 4.69) is 43.2 Å². The Morgan fingerprint density at radius 1 is 0.905 bits per heavy atom. The van der Waals surface area contributed by atoms with Crippen LogP contribution >= 0.6 is 0 Å². The normalized spacial score (nSPS) is 14.5. The molecule has 5 rings (SSSR count). The highest BCUT2D eigenvalue weighted by atomic mass is 16.5. The van der Waals surface area contributed by atoms with Crippen LogP contribution < -0.4 is 14.8 Å². The molecule has 218 valence electrons. The van der Waals surface area contributed by atoms with Crippen LogP contribution in [0.15, 0.2) is 79.0 Å². The lowest BCUT2D eigenvalue weighted by molar-refractivity contribution is -0.137. The van der Waals surface area contributed by atoms with Gasteiger partial charge in [0.2, 0.25) is 0 Å². The molecule has 1 atom stereocenters. The maximum Gasteiger partial charge on any atom is 0.305 e. The monoisotopic (exact) mass is 566 g/mol. The number of aliphatic carboxylic acids is 1. The minimum atomic E-state index is -1.01. The van der Waals surface area contributed by atoms with E-state index in [0.29, 0.717) is 23.8 Å². The van der Waals surface area contributed by atoms with Gasteiger partial charge in [-0.05, 0) is 89.2 Å². The molecule has 1 saturated carbocycles. The van der Waals surface area contributed by atoms with Crippen molar-refractivity contribution in [2.75, 3.05) is 6.61 Å². The molecule has 0 aliphatic heterocycles. The number of carbonyl (C=O) groups is 2. The van der Waals surface area contributed by atoms with Crippen molar-refractivity contribution in [2.45, 2.75) is 64.3 Å². The highest BCUT2D eigenvalue weighted by Crippen LogP contribution is 2.30. The first-order chi connectivity index (χ1) is 20.1. The largest absolute Gasteiger partial charge is 0.493 e. The third-order valence-electron chi connectivity index (χ3n) is 7.81. The fraction of sp³-hybridized carbons (Fsp3) is 0.343. The Morgan fingerprint density at radius 3 is 2.24 bits per heavy atom. The molecule has 1 aliphatic carbocycles. The summed E-state index contributed by atoms with van der Waals surface area (Å²) in [4.78, 5) is 29.2. The Bertz CT molecular complexity index is 1530. The number of amides is 1. The number of rotatable bonds is 10. The molecule has 0 radical (unpaired) electrons. The van der Waals surface area contributed by atoms with Crippen molar-refractivity contribution >= 4 is 22.6 Å². The molecule has 0 bridgehead atoms. The van der Waals surface area contributed by atoms with E-state index < -0.39 is 17.9 Å². The average molecular weight is 567 g/mol. The van der Waals surface area contributed by atoms with Gasteiger partial charge < -0.3 is 19.9 Å². The lowest BCUT2D eigenvalue weighted by atomic mass is 9.87. The standard InChI is InChI=1S/C35H38N2O5/c1-35(2,3)27-11-16-29(17-12-27)42-30-15-10-25-21-36-32(19-26(25)18-30)34(40)37-31(20-33(38)39)24-8-13-28(14-9-24)41-22-23-6-4-5-7-23/h8-19,21,23,31H,4-7,20,22H2,1-3H3,(H,37,40)(H,38,39). The van der Waals surface area contributed by atoms with Crippen LogP contribution in [0.4, 0.5) is 0 Å². The molecule has 4 aromatic rings. The number of nitrogens with zero attached hydrogens (tertiary/aromatic N) is 1. The molecule has 7 heteroatoms. The molecule has 1 fully saturated rings. The summed E-state index contributed by atoms with van der Waals surface area (Å²) in [5.41, 5.74) is 2.16. The van der Waals surface area contributed by atoms with Crippen molar-refractivity contribution in [3.8, 4) is 17.2 Å². The van der Waals surface area contributed by atoms with Gasteiger partial charge in [-0.2, -0.15) is 0 Å². The van der Waals surface area contributed by atoms with E-state index in [0.717, 1.165) is 22.3 Å². The summed E-state index contributed by atoms with van der Waals surface area (Å²) < 4.78 is 12.0. The molecular weight excluding hydrogens is 528 g/mol. The zero-order valence-corrected chi connectivity index (χ0v) is 24.4. The Balaban J connectivity index is 1.28. The number of carboxylic acids is 1. The van der Waals surface area contributed by atoms with Gasteiger partial charge in [-0.3, -0.25) is 14.6 Å². The third kappa shape index (κ3) is 7.46. The first-order valence-corrected chi connectivity index (χ1v) is 14.6. The van der Waals surface area contributed by atoms with E-state index in [9.17, 15) is 14.7 Å². The number of aromatic nitrogens is 1. The lowest BCUT2D eigenvalue weighted by Crippen LogP contribution is -2.30. The number of carbonyl (C=O) groups excluding carboxylic acids is 1. The summed E-state index contributed by atoms with van der Waals surface area (Å²) >= 11 is 0. The Kier molecular flexibility index (Phi) is 8.76. The van der Waals surface area contributed by atoms with Crippen molar-refractivity contribution < 1.29 is 24.2 Å². The number of pyridine rings is 1. The number of hydrogen-bond acceptors (Lipinski definition) is 5. The highest BCUT2D eigenvalue weighted by Gasteiger charge is 2.21. The Hall–Kier alpha value is -4.39. The van der Waals surface area contributed by atoms with E-state index in [1.54, 1.807) is 12.3 Å². The second-order valence-electron chi connectivity index (χ2n) is 12.1. The van der Waals surface area contributed by atoms with Gasteiger partial charge in [0.25, 0.3) is 5.91 Å². The fourth-order valence-corrected chi connectivity index (χ4v) is 5.31. The van der Waals surface area contributed by atoms with Crippen LogP contribution in [0.25, 0.3) is 10.8 Å². The molecule has 42 heavy (non-hydrogen) atoms. The predicted octanol–water partition coefficient (Wildman–Crippen LogP) is 7.84. The highest BCUT2D eigenvalue weighted by molar-refractivity contribution is 5.97.